The van der Waals surface area contributed by atoms with Crippen molar-refractivity contribution < 1.29 is 4.39 Å². The van der Waals surface area contributed by atoms with Gasteiger partial charge in [0.15, 0.2) is 10.2 Å². The van der Waals surface area contributed by atoms with E-state index in [9.17, 15) is 4.39 Å². The minimum absolute atomic E-state index is 0.00434. The Hall–Kier alpha value is -2.13. The third-order valence-corrected chi connectivity index (χ3v) is 1.97. The summed E-state index contributed by atoms with van der Waals surface area (Å²) in [6.07, 6.45) is 1.34. The fourth-order valence-electron chi connectivity index (χ4n) is 1.06. The number of hydrogen-bond acceptors (Lipinski definition) is 4. The van der Waals surface area contributed by atoms with E-state index in [1.54, 1.807) is 0 Å². The zero-order valence-electron chi connectivity index (χ0n) is 9.63. The standard InChI is InChI=1S/C10H11FN6S2/c11-7-3-1-6(2-4-7)8(15-17-10(13)19)5-14-16-9(12)18/h1-5H,(H3,12,16,18)(H3,13,17,19). The first-order chi connectivity index (χ1) is 8.99. The van der Waals surface area contributed by atoms with E-state index < -0.39 is 0 Å². The number of benzene rings is 1. The molecule has 0 unspecified atom stereocenters. The van der Waals surface area contributed by atoms with Gasteiger partial charge in [0.1, 0.15) is 11.5 Å². The summed E-state index contributed by atoms with van der Waals surface area (Å²) in [7, 11) is 0. The number of hydrogen-bond donors (Lipinski definition) is 4. The normalized spacial score (nSPS) is 11.3. The molecule has 19 heavy (non-hydrogen) atoms. The van der Waals surface area contributed by atoms with Crippen LogP contribution in [0.1, 0.15) is 5.56 Å². The van der Waals surface area contributed by atoms with Gasteiger partial charge in [-0.2, -0.15) is 10.2 Å². The minimum atomic E-state index is -0.358. The van der Waals surface area contributed by atoms with Gasteiger partial charge in [0.05, 0.1) is 6.21 Å². The van der Waals surface area contributed by atoms with Crippen molar-refractivity contribution in [2.45, 2.75) is 0 Å². The van der Waals surface area contributed by atoms with E-state index in [1.165, 1.54) is 30.5 Å². The first-order valence-electron chi connectivity index (χ1n) is 4.96. The van der Waals surface area contributed by atoms with Crippen molar-refractivity contribution >= 4 is 46.6 Å². The predicted molar refractivity (Wildman–Crippen MR) is 81.3 cm³/mol. The largest absolute Gasteiger partial charge is 0.375 e. The van der Waals surface area contributed by atoms with Crippen LogP contribution in [0.25, 0.3) is 0 Å². The first kappa shape index (κ1) is 14.9. The van der Waals surface area contributed by atoms with Crippen LogP contribution in [0.15, 0.2) is 34.5 Å². The van der Waals surface area contributed by atoms with Crippen molar-refractivity contribution in [3.05, 3.63) is 35.6 Å². The second-order valence-electron chi connectivity index (χ2n) is 3.21. The van der Waals surface area contributed by atoms with Crippen molar-refractivity contribution in [2.24, 2.45) is 21.7 Å². The van der Waals surface area contributed by atoms with Crippen LogP contribution < -0.4 is 22.3 Å². The molecule has 100 valence electrons. The number of hydrazone groups is 2. The Morgan fingerprint density at radius 1 is 1.11 bits per heavy atom. The number of nitrogens with two attached hydrogens (primary N) is 2. The topological polar surface area (TPSA) is 101 Å². The maximum Gasteiger partial charge on any atom is 0.184 e. The van der Waals surface area contributed by atoms with Crippen LogP contribution in [0, 0.1) is 5.82 Å². The molecule has 0 aliphatic rings. The third-order valence-electron chi connectivity index (χ3n) is 1.79. The third kappa shape index (κ3) is 5.84. The molecule has 0 aliphatic carbocycles. The lowest BCUT2D eigenvalue weighted by molar-refractivity contribution is 0.628. The van der Waals surface area contributed by atoms with Crippen molar-refractivity contribution in [3.63, 3.8) is 0 Å². The zero-order valence-corrected chi connectivity index (χ0v) is 11.3. The number of thiocarbonyl (C=S) groups is 2. The molecule has 0 aromatic heterocycles. The molecule has 0 saturated heterocycles. The van der Waals surface area contributed by atoms with Crippen LogP contribution in [0.4, 0.5) is 4.39 Å². The molecule has 6 N–H and O–H groups in total. The number of nitrogens with one attached hydrogen (secondary N) is 2. The van der Waals surface area contributed by atoms with Gasteiger partial charge < -0.3 is 11.5 Å². The van der Waals surface area contributed by atoms with Crippen LogP contribution >= 0.6 is 24.4 Å². The summed E-state index contributed by atoms with van der Waals surface area (Å²) < 4.78 is 12.8. The smallest absolute Gasteiger partial charge is 0.184 e. The van der Waals surface area contributed by atoms with Crippen LogP contribution in [-0.2, 0) is 0 Å². The maximum absolute atomic E-state index is 12.8. The second kappa shape index (κ2) is 7.34. The van der Waals surface area contributed by atoms with Gasteiger partial charge in [0.25, 0.3) is 0 Å². The summed E-state index contributed by atoms with van der Waals surface area (Å²) in [4.78, 5) is 0. The molecule has 0 heterocycles. The van der Waals surface area contributed by atoms with E-state index in [4.69, 9.17) is 11.5 Å². The van der Waals surface area contributed by atoms with Crippen LogP contribution in [-0.4, -0.2) is 22.2 Å². The van der Waals surface area contributed by atoms with Crippen molar-refractivity contribution in [1.82, 2.24) is 10.9 Å². The van der Waals surface area contributed by atoms with E-state index in [0.29, 0.717) is 11.3 Å². The molecule has 0 fully saturated rings. The van der Waals surface area contributed by atoms with E-state index in [2.05, 4.69) is 45.5 Å². The highest BCUT2D eigenvalue weighted by molar-refractivity contribution is 7.80. The lowest BCUT2D eigenvalue weighted by Crippen LogP contribution is -2.27. The molecule has 0 aliphatic heterocycles. The van der Waals surface area contributed by atoms with Gasteiger partial charge in [-0.1, -0.05) is 0 Å². The molecule has 0 bridgehead atoms. The molecule has 0 atom stereocenters. The Balaban J connectivity index is 2.94. The van der Waals surface area contributed by atoms with Crippen molar-refractivity contribution in [1.29, 1.82) is 0 Å². The average molecular weight is 298 g/mol. The van der Waals surface area contributed by atoms with Gasteiger partial charge in [-0.25, -0.2) is 4.39 Å². The quantitative estimate of drug-likeness (QED) is 0.359. The average Bonchev–Trinajstić information content (AvgIpc) is 2.34. The van der Waals surface area contributed by atoms with Gasteiger partial charge >= 0.3 is 0 Å². The minimum Gasteiger partial charge on any atom is -0.375 e. The van der Waals surface area contributed by atoms with Crippen LogP contribution in [0.5, 0.6) is 0 Å². The highest BCUT2D eigenvalue weighted by Gasteiger charge is 2.02. The van der Waals surface area contributed by atoms with Gasteiger partial charge in [-0.05, 0) is 48.7 Å². The number of halogens is 1. The molecule has 1 aromatic rings. The zero-order chi connectivity index (χ0) is 14.3. The molecule has 6 nitrogen and oxygen atoms in total. The number of nitrogens with zero attached hydrogens (tertiary/aromatic N) is 2. The summed E-state index contributed by atoms with van der Waals surface area (Å²) in [6.45, 7) is 0. The Kier molecular flexibility index (Phi) is 5.76. The molecular weight excluding hydrogens is 287 g/mol. The van der Waals surface area contributed by atoms with E-state index in [1.807, 2.05) is 0 Å². The lowest BCUT2D eigenvalue weighted by atomic mass is 10.1. The summed E-state index contributed by atoms with van der Waals surface area (Å²) in [5.41, 5.74) is 16.3. The SMILES string of the molecule is NC(=S)NN=CC(=NNC(N)=S)c1ccc(F)cc1. The van der Waals surface area contributed by atoms with Gasteiger partial charge in [0, 0.05) is 5.56 Å². The van der Waals surface area contributed by atoms with Gasteiger partial charge in [0.2, 0.25) is 0 Å². The molecular formula is C10H11FN6S2. The van der Waals surface area contributed by atoms with Crippen LogP contribution in [0.2, 0.25) is 0 Å². The lowest BCUT2D eigenvalue weighted by Gasteiger charge is -2.03. The second-order valence-corrected chi connectivity index (χ2v) is 4.09. The van der Waals surface area contributed by atoms with Crippen LogP contribution in [0.3, 0.4) is 0 Å². The molecule has 0 amide bonds. The number of rotatable bonds is 4. The molecule has 1 aromatic carbocycles. The fourth-order valence-corrected chi connectivity index (χ4v) is 1.16. The Labute approximate surface area is 119 Å². The molecule has 0 spiro atoms. The fraction of sp³-hybridized carbons (Fsp3) is 0. The van der Waals surface area contributed by atoms with E-state index >= 15 is 0 Å². The van der Waals surface area contributed by atoms with Gasteiger partial charge in [-0.3, -0.25) is 10.9 Å². The van der Waals surface area contributed by atoms with Crippen molar-refractivity contribution in [3.8, 4) is 0 Å². The molecule has 1 rings (SSSR count). The monoisotopic (exact) mass is 298 g/mol. The summed E-state index contributed by atoms with van der Waals surface area (Å²) >= 11 is 9.23. The predicted octanol–water partition coefficient (Wildman–Crippen LogP) is 0.182. The Morgan fingerprint density at radius 3 is 2.21 bits per heavy atom. The summed E-state index contributed by atoms with van der Waals surface area (Å²) in [6, 6.07) is 5.64. The first-order valence-corrected chi connectivity index (χ1v) is 5.78. The van der Waals surface area contributed by atoms with Gasteiger partial charge in [-0.15, -0.1) is 0 Å². The molecule has 0 radical (unpaired) electrons. The van der Waals surface area contributed by atoms with E-state index in [0.717, 1.165) is 0 Å². The van der Waals surface area contributed by atoms with E-state index in [-0.39, 0.29) is 16.0 Å². The van der Waals surface area contributed by atoms with Crippen molar-refractivity contribution in [2.75, 3.05) is 0 Å². The molecule has 0 saturated carbocycles. The Morgan fingerprint density at radius 2 is 1.68 bits per heavy atom. The highest BCUT2D eigenvalue weighted by Crippen LogP contribution is 2.03. The highest BCUT2D eigenvalue weighted by atomic mass is 32.1. The summed E-state index contributed by atoms with van der Waals surface area (Å²) in [5, 5.41) is 7.69. The summed E-state index contributed by atoms with van der Waals surface area (Å²) in [5.74, 6) is -0.358. The molecule has 9 heteroatoms. The Bertz CT molecular complexity index is 525. The maximum atomic E-state index is 12.8.